The lowest BCUT2D eigenvalue weighted by atomic mass is 10.2. The van der Waals surface area contributed by atoms with E-state index in [-0.39, 0.29) is 5.91 Å². The molecule has 2 rings (SSSR count). The van der Waals surface area contributed by atoms with Crippen LogP contribution in [0.15, 0.2) is 46.9 Å². The number of benzene rings is 2. The molecule has 0 saturated heterocycles. The predicted molar refractivity (Wildman–Crippen MR) is 88.8 cm³/mol. The number of anilines is 1. The predicted octanol–water partition coefficient (Wildman–Crippen LogP) is 4.04. The minimum absolute atomic E-state index is 0.242. The molecular formula is C17H15BrN2O2. The second kappa shape index (κ2) is 7.10. The summed E-state index contributed by atoms with van der Waals surface area (Å²) in [6.07, 6.45) is -0.652. The van der Waals surface area contributed by atoms with Gasteiger partial charge in [0.05, 0.1) is 17.3 Å². The van der Waals surface area contributed by atoms with Gasteiger partial charge in [0.2, 0.25) is 0 Å². The Morgan fingerprint density at radius 3 is 2.55 bits per heavy atom. The lowest BCUT2D eigenvalue weighted by Gasteiger charge is -2.15. The molecule has 4 nitrogen and oxygen atoms in total. The van der Waals surface area contributed by atoms with Crippen LogP contribution in [0.2, 0.25) is 0 Å². The smallest absolute Gasteiger partial charge is 0.265 e. The zero-order valence-corrected chi connectivity index (χ0v) is 13.8. The van der Waals surface area contributed by atoms with Crippen LogP contribution in [0, 0.1) is 18.3 Å². The van der Waals surface area contributed by atoms with Crippen molar-refractivity contribution in [1.29, 1.82) is 5.26 Å². The molecule has 2 aromatic carbocycles. The number of rotatable bonds is 4. The van der Waals surface area contributed by atoms with Gasteiger partial charge in [0.1, 0.15) is 5.75 Å². The summed E-state index contributed by atoms with van der Waals surface area (Å²) < 4.78 is 6.40. The number of nitrogens with one attached hydrogen (secondary N) is 1. The van der Waals surface area contributed by atoms with Crippen molar-refractivity contribution in [3.63, 3.8) is 0 Å². The normalized spacial score (nSPS) is 11.4. The van der Waals surface area contributed by atoms with E-state index in [9.17, 15) is 4.79 Å². The molecule has 0 radical (unpaired) electrons. The Morgan fingerprint density at radius 2 is 1.95 bits per heavy atom. The SMILES string of the molecule is Cc1ccc(NC(=O)[C@@H](C)Oc2ccc(C#N)cc2)c(Br)c1. The molecule has 0 heterocycles. The Bertz CT molecular complexity index is 720. The number of ether oxygens (including phenoxy) is 1. The number of nitriles is 1. The number of nitrogens with zero attached hydrogens (tertiary/aromatic N) is 1. The van der Waals surface area contributed by atoms with Gasteiger partial charge in [-0.05, 0) is 71.7 Å². The first kappa shape index (κ1) is 16.1. The third-order valence-electron chi connectivity index (χ3n) is 3.05. The summed E-state index contributed by atoms with van der Waals surface area (Å²) in [6.45, 7) is 3.66. The lowest BCUT2D eigenvalue weighted by Crippen LogP contribution is -2.30. The quantitative estimate of drug-likeness (QED) is 0.896. The third-order valence-corrected chi connectivity index (χ3v) is 3.70. The van der Waals surface area contributed by atoms with Crippen molar-refractivity contribution < 1.29 is 9.53 Å². The van der Waals surface area contributed by atoms with Gasteiger partial charge < -0.3 is 10.1 Å². The first-order valence-corrected chi connectivity index (χ1v) is 7.52. The van der Waals surface area contributed by atoms with Gasteiger partial charge in [0.25, 0.3) is 5.91 Å². The van der Waals surface area contributed by atoms with E-state index in [4.69, 9.17) is 10.00 Å². The first-order valence-electron chi connectivity index (χ1n) is 6.73. The minimum atomic E-state index is -0.652. The van der Waals surface area contributed by atoms with Gasteiger partial charge in [-0.3, -0.25) is 4.79 Å². The highest BCUT2D eigenvalue weighted by Gasteiger charge is 2.16. The summed E-state index contributed by atoms with van der Waals surface area (Å²) in [5, 5.41) is 11.6. The minimum Gasteiger partial charge on any atom is -0.481 e. The molecule has 0 saturated carbocycles. The Kier molecular flexibility index (Phi) is 5.18. The molecule has 2 aromatic rings. The second-order valence-electron chi connectivity index (χ2n) is 4.87. The summed E-state index contributed by atoms with van der Waals surface area (Å²) in [4.78, 5) is 12.2. The van der Waals surface area contributed by atoms with Gasteiger partial charge in [-0.2, -0.15) is 5.26 Å². The van der Waals surface area contributed by atoms with Crippen molar-refractivity contribution in [3.05, 3.63) is 58.1 Å². The van der Waals surface area contributed by atoms with Gasteiger partial charge in [-0.25, -0.2) is 0 Å². The average molecular weight is 359 g/mol. The molecule has 0 unspecified atom stereocenters. The van der Waals surface area contributed by atoms with E-state index in [0.717, 1.165) is 10.0 Å². The van der Waals surface area contributed by atoms with E-state index in [1.165, 1.54) is 0 Å². The van der Waals surface area contributed by atoms with Gasteiger partial charge in [0.15, 0.2) is 6.10 Å². The van der Waals surface area contributed by atoms with E-state index in [2.05, 4.69) is 21.2 Å². The van der Waals surface area contributed by atoms with Crippen molar-refractivity contribution in [1.82, 2.24) is 0 Å². The first-order chi connectivity index (χ1) is 10.5. The van der Waals surface area contributed by atoms with Crippen LogP contribution in [0.3, 0.4) is 0 Å². The molecule has 22 heavy (non-hydrogen) atoms. The van der Waals surface area contributed by atoms with E-state index >= 15 is 0 Å². The number of carbonyl (C=O) groups excluding carboxylic acids is 1. The average Bonchev–Trinajstić information content (AvgIpc) is 2.50. The number of halogens is 1. The molecule has 0 fully saturated rings. The van der Waals surface area contributed by atoms with Crippen molar-refractivity contribution in [2.45, 2.75) is 20.0 Å². The molecule has 112 valence electrons. The summed E-state index contributed by atoms with van der Waals surface area (Å²) >= 11 is 3.42. The topological polar surface area (TPSA) is 62.1 Å². The van der Waals surface area contributed by atoms with Crippen LogP contribution in [-0.4, -0.2) is 12.0 Å². The number of hydrogen-bond acceptors (Lipinski definition) is 3. The van der Waals surface area contributed by atoms with Crippen LogP contribution in [0.4, 0.5) is 5.69 Å². The fourth-order valence-electron chi connectivity index (χ4n) is 1.82. The Balaban J connectivity index is 2.01. The lowest BCUT2D eigenvalue weighted by molar-refractivity contribution is -0.122. The molecule has 0 aliphatic heterocycles. The standard InChI is InChI=1S/C17H15BrN2O2/c1-11-3-8-16(15(18)9-11)20-17(21)12(2)22-14-6-4-13(10-19)5-7-14/h3-9,12H,1-2H3,(H,20,21)/t12-/m1/s1. The Morgan fingerprint density at radius 1 is 1.27 bits per heavy atom. The molecule has 1 amide bonds. The maximum absolute atomic E-state index is 12.2. The van der Waals surface area contributed by atoms with Crippen LogP contribution in [-0.2, 0) is 4.79 Å². The number of aryl methyl sites for hydroxylation is 1. The van der Waals surface area contributed by atoms with E-state index in [1.807, 2.05) is 31.2 Å². The zero-order chi connectivity index (χ0) is 16.1. The summed E-state index contributed by atoms with van der Waals surface area (Å²) in [7, 11) is 0. The molecule has 1 N–H and O–H groups in total. The molecule has 0 aromatic heterocycles. The van der Waals surface area contributed by atoms with Crippen LogP contribution in [0.5, 0.6) is 5.75 Å². The summed E-state index contributed by atoms with van der Waals surface area (Å²) in [6, 6.07) is 14.4. The van der Waals surface area contributed by atoms with Gasteiger partial charge in [-0.1, -0.05) is 6.07 Å². The fourth-order valence-corrected chi connectivity index (χ4v) is 2.41. The maximum Gasteiger partial charge on any atom is 0.265 e. The van der Waals surface area contributed by atoms with Crippen molar-refractivity contribution in [3.8, 4) is 11.8 Å². The third kappa shape index (κ3) is 4.09. The number of hydrogen-bond donors (Lipinski definition) is 1. The van der Waals surface area contributed by atoms with E-state index in [1.54, 1.807) is 31.2 Å². The highest BCUT2D eigenvalue weighted by molar-refractivity contribution is 9.10. The van der Waals surface area contributed by atoms with Gasteiger partial charge >= 0.3 is 0 Å². The Hall–Kier alpha value is -2.32. The van der Waals surface area contributed by atoms with E-state index < -0.39 is 6.10 Å². The van der Waals surface area contributed by atoms with Crippen molar-refractivity contribution in [2.75, 3.05) is 5.32 Å². The van der Waals surface area contributed by atoms with Crippen molar-refractivity contribution in [2.24, 2.45) is 0 Å². The molecule has 0 aliphatic rings. The summed E-state index contributed by atoms with van der Waals surface area (Å²) in [5.41, 5.74) is 2.35. The molecule has 0 aliphatic carbocycles. The monoisotopic (exact) mass is 358 g/mol. The molecule has 1 atom stereocenters. The van der Waals surface area contributed by atoms with Gasteiger partial charge in [-0.15, -0.1) is 0 Å². The highest BCUT2D eigenvalue weighted by atomic mass is 79.9. The summed E-state index contributed by atoms with van der Waals surface area (Å²) in [5.74, 6) is 0.304. The van der Waals surface area contributed by atoms with Gasteiger partial charge in [0, 0.05) is 4.47 Å². The maximum atomic E-state index is 12.2. The van der Waals surface area contributed by atoms with Crippen LogP contribution in [0.25, 0.3) is 0 Å². The molecule has 0 bridgehead atoms. The zero-order valence-electron chi connectivity index (χ0n) is 12.3. The number of amides is 1. The Labute approximate surface area is 137 Å². The van der Waals surface area contributed by atoms with E-state index in [0.29, 0.717) is 17.0 Å². The molecular weight excluding hydrogens is 344 g/mol. The van der Waals surface area contributed by atoms with Crippen LogP contribution >= 0.6 is 15.9 Å². The van der Waals surface area contributed by atoms with Crippen molar-refractivity contribution >= 4 is 27.5 Å². The highest BCUT2D eigenvalue weighted by Crippen LogP contribution is 2.23. The number of carbonyl (C=O) groups is 1. The molecule has 5 heteroatoms. The largest absolute Gasteiger partial charge is 0.481 e. The van der Waals surface area contributed by atoms with Crippen LogP contribution in [0.1, 0.15) is 18.1 Å². The second-order valence-corrected chi connectivity index (χ2v) is 5.72. The van der Waals surface area contributed by atoms with Crippen LogP contribution < -0.4 is 10.1 Å². The molecule has 0 spiro atoms. The fraction of sp³-hybridized carbons (Fsp3) is 0.176.